The van der Waals surface area contributed by atoms with Gasteiger partial charge in [-0.1, -0.05) is 38.2 Å². The first-order valence-corrected chi connectivity index (χ1v) is 4.64. The van der Waals surface area contributed by atoms with E-state index in [0.717, 1.165) is 4.57 Å². The van der Waals surface area contributed by atoms with Crippen LogP contribution in [0.2, 0.25) is 0 Å². The third-order valence-corrected chi connectivity index (χ3v) is 1.82. The number of fused-ring (bicyclic) bond motifs is 1. The number of aromatic hydroxyl groups is 1. The van der Waals surface area contributed by atoms with E-state index in [1.165, 1.54) is 12.3 Å². The molecule has 0 atom stereocenters. The van der Waals surface area contributed by atoms with Gasteiger partial charge in [0.05, 0.1) is 0 Å². The van der Waals surface area contributed by atoms with Crippen molar-refractivity contribution >= 4 is 17.0 Å². The molecule has 2 aromatic rings. The molecule has 4 nitrogen and oxygen atoms in total. The molecule has 1 aromatic carbocycles. The molecule has 0 aliphatic carbocycles. The summed E-state index contributed by atoms with van der Waals surface area (Å²) in [5.41, 5.74) is 0.438. The first-order chi connectivity index (χ1) is 7.20. The second-order valence-electron chi connectivity index (χ2n) is 2.60. The van der Waals surface area contributed by atoms with E-state index in [-0.39, 0.29) is 25.2 Å². The third kappa shape index (κ3) is 2.61. The van der Waals surface area contributed by atoms with Gasteiger partial charge in [-0.3, -0.25) is 0 Å². The molecule has 0 saturated carbocycles. The van der Waals surface area contributed by atoms with Crippen molar-refractivity contribution < 1.29 is 34.5 Å². The number of hydrogen-bond acceptors (Lipinski definition) is 2. The number of carboxylic acid groups (broad SMARTS) is 1. The molecule has 87 valence electrons. The second-order valence-corrected chi connectivity index (χ2v) is 2.60. The van der Waals surface area contributed by atoms with Crippen LogP contribution in [-0.4, -0.2) is 20.9 Å². The number of phenols is 1. The minimum atomic E-state index is -1.09. The first-order valence-electron chi connectivity index (χ1n) is 4.64. The molecule has 16 heavy (non-hydrogen) atoms. The molecule has 1 aromatic heterocycles. The normalized spacial score (nSPS) is 8.88. The van der Waals surface area contributed by atoms with Gasteiger partial charge in [0, 0.05) is 5.75 Å². The van der Waals surface area contributed by atoms with Gasteiger partial charge in [-0.25, -0.2) is 4.79 Å². The Labute approximate surface area is 106 Å². The van der Waals surface area contributed by atoms with Crippen molar-refractivity contribution in [3.05, 3.63) is 30.5 Å². The Bertz CT molecular complexity index is 479. The van der Waals surface area contributed by atoms with Gasteiger partial charge in [0.15, 0.2) is 0 Å². The van der Waals surface area contributed by atoms with Crippen LogP contribution in [0.15, 0.2) is 24.4 Å². The van der Waals surface area contributed by atoms with Crippen molar-refractivity contribution in [2.45, 2.75) is 13.8 Å². The maximum atomic E-state index is 10.6. The minimum Gasteiger partial charge on any atom is -0.565 e. The molecule has 0 fully saturated rings. The molecular formula is C11H12NO3Ru. The van der Waals surface area contributed by atoms with Crippen LogP contribution in [0.5, 0.6) is 5.75 Å². The quantitative estimate of drug-likeness (QED) is 0.581. The smallest absolute Gasteiger partial charge is 0.565 e. The van der Waals surface area contributed by atoms with Crippen LogP contribution >= 0.6 is 0 Å². The molecule has 1 heterocycles. The number of carbonyl (C=O) groups is 1. The Balaban J connectivity index is 0.000000711. The van der Waals surface area contributed by atoms with Crippen LogP contribution in [0, 0.1) is 6.07 Å². The van der Waals surface area contributed by atoms with E-state index in [0.29, 0.717) is 10.9 Å². The van der Waals surface area contributed by atoms with Crippen LogP contribution in [0.25, 0.3) is 10.9 Å². The largest absolute Gasteiger partial charge is 1.00 e. The van der Waals surface area contributed by atoms with Crippen molar-refractivity contribution in [2.24, 2.45) is 0 Å². The van der Waals surface area contributed by atoms with Gasteiger partial charge in [-0.05, 0) is 5.52 Å². The summed E-state index contributed by atoms with van der Waals surface area (Å²) < 4.78 is 1.01. The van der Waals surface area contributed by atoms with E-state index in [2.05, 4.69) is 6.07 Å². The van der Waals surface area contributed by atoms with Crippen LogP contribution in [0.4, 0.5) is 4.79 Å². The van der Waals surface area contributed by atoms with Gasteiger partial charge in [0.1, 0.15) is 0 Å². The topological polar surface area (TPSA) is 62.5 Å². The van der Waals surface area contributed by atoms with Crippen molar-refractivity contribution in [1.82, 2.24) is 4.57 Å². The zero-order valence-corrected chi connectivity index (χ0v) is 10.7. The van der Waals surface area contributed by atoms with E-state index in [4.69, 9.17) is 5.11 Å². The molecule has 0 amide bonds. The summed E-state index contributed by atoms with van der Waals surface area (Å²) in [7, 11) is 0. The summed E-state index contributed by atoms with van der Waals surface area (Å²) in [5.74, 6) is 0.0394. The number of hydrogen-bond donors (Lipinski definition) is 2. The summed E-state index contributed by atoms with van der Waals surface area (Å²) in [5, 5.41) is 18.5. The van der Waals surface area contributed by atoms with Crippen LogP contribution in [0.3, 0.4) is 0 Å². The number of rotatable bonds is 0. The Morgan fingerprint density at radius 2 is 2.00 bits per heavy atom. The van der Waals surface area contributed by atoms with E-state index < -0.39 is 6.09 Å². The standard InChI is InChI=1S/C9H6NO3.C2H6.Ru/c11-8-3-1-2-7-6(8)4-5-10(7)9(12)13;1-2;/h1-3,5,11H,(H,12,13);1-2H3;/q-1;;+1. The van der Waals surface area contributed by atoms with Crippen LogP contribution in [-0.2, 0) is 19.5 Å². The number of phenolic OH excluding ortho intramolecular Hbond substituents is 1. The van der Waals surface area contributed by atoms with Crippen molar-refractivity contribution in [3.8, 4) is 5.75 Å². The summed E-state index contributed by atoms with van der Waals surface area (Å²) >= 11 is 0. The molecule has 0 saturated heterocycles. The SMILES string of the molecule is CC.O=C(O)n1c[c-]c2c(O)cccc21.[Ru+]. The Morgan fingerprint density at radius 3 is 2.56 bits per heavy atom. The fourth-order valence-corrected chi connectivity index (χ4v) is 1.23. The molecule has 0 aliphatic heterocycles. The zero-order chi connectivity index (χ0) is 11.4. The Hall–Kier alpha value is -1.35. The summed E-state index contributed by atoms with van der Waals surface area (Å²) in [4.78, 5) is 10.6. The van der Waals surface area contributed by atoms with Gasteiger partial charge < -0.3 is 14.8 Å². The van der Waals surface area contributed by atoms with Crippen LogP contribution < -0.4 is 0 Å². The average molecular weight is 307 g/mol. The summed E-state index contributed by atoms with van der Waals surface area (Å²) in [6.45, 7) is 4.00. The van der Waals surface area contributed by atoms with Gasteiger partial charge in [-0.15, -0.1) is 5.39 Å². The molecule has 5 heteroatoms. The molecule has 2 N–H and O–H groups in total. The number of aromatic nitrogens is 1. The minimum absolute atomic E-state index is 0. The molecule has 0 bridgehead atoms. The maximum Gasteiger partial charge on any atom is 1.00 e. The zero-order valence-electron chi connectivity index (χ0n) is 8.91. The fraction of sp³-hybridized carbons (Fsp3) is 0.182. The molecule has 1 radical (unpaired) electrons. The van der Waals surface area contributed by atoms with E-state index >= 15 is 0 Å². The van der Waals surface area contributed by atoms with Crippen molar-refractivity contribution in [3.63, 3.8) is 0 Å². The van der Waals surface area contributed by atoms with Gasteiger partial charge >= 0.3 is 25.6 Å². The summed E-state index contributed by atoms with van der Waals surface area (Å²) in [6.07, 6.45) is 0.198. The van der Waals surface area contributed by atoms with E-state index in [1.54, 1.807) is 12.1 Å². The van der Waals surface area contributed by atoms with Gasteiger partial charge in [0.25, 0.3) is 0 Å². The van der Waals surface area contributed by atoms with Gasteiger partial charge in [0.2, 0.25) is 0 Å². The van der Waals surface area contributed by atoms with E-state index in [9.17, 15) is 9.90 Å². The summed E-state index contributed by atoms with van der Waals surface area (Å²) in [6, 6.07) is 7.36. The van der Waals surface area contributed by atoms with Crippen molar-refractivity contribution in [2.75, 3.05) is 0 Å². The van der Waals surface area contributed by atoms with Gasteiger partial charge in [-0.2, -0.15) is 6.07 Å². The molecular weight excluding hydrogens is 295 g/mol. The number of nitrogens with zero attached hydrogens (tertiary/aromatic N) is 1. The third-order valence-electron chi connectivity index (χ3n) is 1.82. The molecule has 2 rings (SSSR count). The average Bonchev–Trinajstić information content (AvgIpc) is 2.66. The maximum absolute atomic E-state index is 10.6. The molecule has 0 spiro atoms. The van der Waals surface area contributed by atoms with Crippen LogP contribution in [0.1, 0.15) is 13.8 Å². The Kier molecular flexibility index (Phi) is 5.75. The molecule has 0 unspecified atom stereocenters. The predicted octanol–water partition coefficient (Wildman–Crippen LogP) is 2.70. The Morgan fingerprint density at radius 1 is 1.38 bits per heavy atom. The van der Waals surface area contributed by atoms with E-state index in [1.807, 2.05) is 13.8 Å². The van der Waals surface area contributed by atoms with Crippen molar-refractivity contribution in [1.29, 1.82) is 0 Å². The predicted molar refractivity (Wildman–Crippen MR) is 57.2 cm³/mol. The second kappa shape index (κ2) is 6.28. The fourth-order valence-electron chi connectivity index (χ4n) is 1.23. The monoisotopic (exact) mass is 308 g/mol. The number of benzene rings is 1. The first kappa shape index (κ1) is 14.7. The molecule has 0 aliphatic rings.